The second kappa shape index (κ2) is 5.48. The maximum Gasteiger partial charge on any atom is 0.0615 e. The number of rotatable bonds is 3. The van der Waals surface area contributed by atoms with Crippen molar-refractivity contribution < 1.29 is 4.74 Å². The maximum absolute atomic E-state index is 5.36. The van der Waals surface area contributed by atoms with E-state index in [9.17, 15) is 0 Å². The standard InChI is InChI=1S/C15H30N2O/c1-13(10-18-4)17-12-15(8-6-5-7-9-15)16-11-14(17,2)3/h13,16H,5-12H2,1-4H3. The molecule has 1 aliphatic heterocycles. The van der Waals surface area contributed by atoms with Crippen LogP contribution in [0.5, 0.6) is 0 Å². The molecule has 0 bridgehead atoms. The van der Waals surface area contributed by atoms with Gasteiger partial charge in [0.2, 0.25) is 0 Å². The zero-order valence-electron chi connectivity index (χ0n) is 12.6. The lowest BCUT2D eigenvalue weighted by Crippen LogP contribution is -2.70. The van der Waals surface area contributed by atoms with Crippen LogP contribution in [0.2, 0.25) is 0 Å². The summed E-state index contributed by atoms with van der Waals surface area (Å²) >= 11 is 0. The lowest BCUT2D eigenvalue weighted by atomic mass is 9.77. The zero-order chi connectivity index (χ0) is 13.2. The van der Waals surface area contributed by atoms with Crippen molar-refractivity contribution in [2.75, 3.05) is 26.8 Å². The fourth-order valence-electron chi connectivity index (χ4n) is 3.75. The van der Waals surface area contributed by atoms with Crippen molar-refractivity contribution in [2.45, 2.75) is 70.0 Å². The van der Waals surface area contributed by atoms with Gasteiger partial charge in [-0.15, -0.1) is 0 Å². The van der Waals surface area contributed by atoms with E-state index in [0.29, 0.717) is 11.6 Å². The fraction of sp³-hybridized carbons (Fsp3) is 1.00. The molecule has 1 saturated heterocycles. The Labute approximate surface area is 112 Å². The van der Waals surface area contributed by atoms with Crippen LogP contribution < -0.4 is 5.32 Å². The predicted molar refractivity (Wildman–Crippen MR) is 75.9 cm³/mol. The van der Waals surface area contributed by atoms with Gasteiger partial charge in [0.1, 0.15) is 0 Å². The summed E-state index contributed by atoms with van der Waals surface area (Å²) in [5.74, 6) is 0. The molecule has 2 fully saturated rings. The first-order valence-electron chi connectivity index (χ1n) is 7.50. The molecule has 0 aromatic heterocycles. The van der Waals surface area contributed by atoms with E-state index in [4.69, 9.17) is 4.74 Å². The summed E-state index contributed by atoms with van der Waals surface area (Å²) in [6.45, 7) is 10.1. The number of hydrogen-bond donors (Lipinski definition) is 1. The molecule has 1 unspecified atom stereocenters. The van der Waals surface area contributed by atoms with Gasteiger partial charge in [0.25, 0.3) is 0 Å². The molecule has 0 amide bonds. The molecule has 1 heterocycles. The van der Waals surface area contributed by atoms with Crippen molar-refractivity contribution in [3.8, 4) is 0 Å². The summed E-state index contributed by atoms with van der Waals surface area (Å²) in [4.78, 5) is 2.66. The van der Waals surface area contributed by atoms with E-state index in [0.717, 1.165) is 13.2 Å². The molecule has 0 radical (unpaired) electrons. The number of hydrogen-bond acceptors (Lipinski definition) is 3. The Morgan fingerprint density at radius 1 is 1.22 bits per heavy atom. The molecule has 106 valence electrons. The first-order valence-corrected chi connectivity index (χ1v) is 7.50. The van der Waals surface area contributed by atoms with Crippen LogP contribution in [-0.2, 0) is 4.74 Å². The van der Waals surface area contributed by atoms with Crippen LogP contribution >= 0.6 is 0 Å². The average Bonchev–Trinajstić information content (AvgIpc) is 2.34. The summed E-state index contributed by atoms with van der Waals surface area (Å²) in [6.07, 6.45) is 6.89. The van der Waals surface area contributed by atoms with Gasteiger partial charge in [0, 0.05) is 37.3 Å². The summed E-state index contributed by atoms with van der Waals surface area (Å²) in [5, 5.41) is 3.87. The Kier molecular flexibility index (Phi) is 4.35. The second-order valence-electron chi connectivity index (χ2n) is 6.94. The lowest BCUT2D eigenvalue weighted by Gasteiger charge is -2.55. The molecule has 2 aliphatic rings. The summed E-state index contributed by atoms with van der Waals surface area (Å²) in [5.41, 5.74) is 0.621. The highest BCUT2D eigenvalue weighted by Gasteiger charge is 2.44. The Balaban J connectivity index is 2.08. The van der Waals surface area contributed by atoms with Gasteiger partial charge in [-0.25, -0.2) is 0 Å². The van der Waals surface area contributed by atoms with Crippen molar-refractivity contribution in [2.24, 2.45) is 0 Å². The molecule has 1 saturated carbocycles. The molecule has 2 rings (SSSR count). The molecule has 0 aromatic rings. The molecular weight excluding hydrogens is 224 g/mol. The molecule has 1 N–H and O–H groups in total. The van der Waals surface area contributed by atoms with Gasteiger partial charge in [-0.2, -0.15) is 0 Å². The highest BCUT2D eigenvalue weighted by atomic mass is 16.5. The van der Waals surface area contributed by atoms with Crippen molar-refractivity contribution in [1.82, 2.24) is 10.2 Å². The zero-order valence-corrected chi connectivity index (χ0v) is 12.6. The summed E-state index contributed by atoms with van der Waals surface area (Å²) in [6, 6.07) is 0.505. The van der Waals surface area contributed by atoms with Crippen LogP contribution in [0, 0.1) is 0 Å². The van der Waals surface area contributed by atoms with Gasteiger partial charge in [0.15, 0.2) is 0 Å². The van der Waals surface area contributed by atoms with Crippen molar-refractivity contribution in [3.63, 3.8) is 0 Å². The van der Waals surface area contributed by atoms with Gasteiger partial charge in [0.05, 0.1) is 6.61 Å². The van der Waals surface area contributed by atoms with Crippen LogP contribution in [-0.4, -0.2) is 48.8 Å². The van der Waals surface area contributed by atoms with Crippen LogP contribution in [0.25, 0.3) is 0 Å². The van der Waals surface area contributed by atoms with Gasteiger partial charge in [-0.1, -0.05) is 19.3 Å². The molecule has 1 aliphatic carbocycles. The number of ether oxygens (including phenoxy) is 1. The molecule has 18 heavy (non-hydrogen) atoms. The SMILES string of the molecule is COCC(C)N1CC2(CCCCC2)NCC1(C)C. The molecule has 3 nitrogen and oxygen atoms in total. The van der Waals surface area contributed by atoms with E-state index in [1.165, 1.54) is 38.6 Å². The number of nitrogens with zero attached hydrogens (tertiary/aromatic N) is 1. The highest BCUT2D eigenvalue weighted by Crippen LogP contribution is 2.35. The van der Waals surface area contributed by atoms with E-state index in [1.807, 2.05) is 7.11 Å². The predicted octanol–water partition coefficient (Wildman–Crippen LogP) is 2.41. The van der Waals surface area contributed by atoms with Crippen molar-refractivity contribution >= 4 is 0 Å². The topological polar surface area (TPSA) is 24.5 Å². The minimum absolute atomic E-state index is 0.237. The first-order chi connectivity index (χ1) is 8.49. The Bertz CT molecular complexity index is 272. The van der Waals surface area contributed by atoms with Gasteiger partial charge < -0.3 is 10.1 Å². The monoisotopic (exact) mass is 254 g/mol. The maximum atomic E-state index is 5.36. The number of methoxy groups -OCH3 is 1. The van der Waals surface area contributed by atoms with Gasteiger partial charge in [-0.05, 0) is 33.6 Å². The average molecular weight is 254 g/mol. The quantitative estimate of drug-likeness (QED) is 0.837. The molecule has 0 aromatic carbocycles. The summed E-state index contributed by atoms with van der Waals surface area (Å²) in [7, 11) is 1.81. The van der Waals surface area contributed by atoms with Gasteiger partial charge >= 0.3 is 0 Å². The fourth-order valence-corrected chi connectivity index (χ4v) is 3.75. The smallest absolute Gasteiger partial charge is 0.0615 e. The van der Waals surface area contributed by atoms with Crippen LogP contribution in [0.15, 0.2) is 0 Å². The Hall–Kier alpha value is -0.120. The minimum atomic E-state index is 0.237. The van der Waals surface area contributed by atoms with E-state index < -0.39 is 0 Å². The third-order valence-corrected chi connectivity index (χ3v) is 4.90. The molecule has 1 spiro atoms. The van der Waals surface area contributed by atoms with E-state index in [1.54, 1.807) is 0 Å². The van der Waals surface area contributed by atoms with E-state index in [2.05, 4.69) is 31.0 Å². The molecular formula is C15H30N2O. The highest BCUT2D eigenvalue weighted by molar-refractivity contribution is 5.04. The normalized spacial score (nSPS) is 29.3. The van der Waals surface area contributed by atoms with Crippen LogP contribution in [0.1, 0.15) is 52.9 Å². The number of piperazine rings is 1. The van der Waals surface area contributed by atoms with Gasteiger partial charge in [-0.3, -0.25) is 4.90 Å². The first kappa shape index (κ1) is 14.3. The lowest BCUT2D eigenvalue weighted by molar-refractivity contribution is -0.0347. The Morgan fingerprint density at radius 3 is 2.50 bits per heavy atom. The summed E-state index contributed by atoms with van der Waals surface area (Å²) < 4.78 is 5.36. The minimum Gasteiger partial charge on any atom is -0.383 e. The molecule has 1 atom stereocenters. The van der Waals surface area contributed by atoms with E-state index >= 15 is 0 Å². The third kappa shape index (κ3) is 2.89. The van der Waals surface area contributed by atoms with Crippen LogP contribution in [0.3, 0.4) is 0 Å². The van der Waals surface area contributed by atoms with Crippen molar-refractivity contribution in [1.29, 1.82) is 0 Å². The largest absolute Gasteiger partial charge is 0.383 e. The van der Waals surface area contributed by atoms with Crippen LogP contribution in [0.4, 0.5) is 0 Å². The van der Waals surface area contributed by atoms with E-state index in [-0.39, 0.29) is 5.54 Å². The molecule has 3 heteroatoms. The Morgan fingerprint density at radius 2 is 1.89 bits per heavy atom. The van der Waals surface area contributed by atoms with Crippen molar-refractivity contribution in [3.05, 3.63) is 0 Å². The number of nitrogens with one attached hydrogen (secondary N) is 1. The third-order valence-electron chi connectivity index (χ3n) is 4.90. The second-order valence-corrected chi connectivity index (χ2v) is 6.94.